The highest BCUT2D eigenvalue weighted by molar-refractivity contribution is 6.02. The zero-order valence-corrected chi connectivity index (χ0v) is 15.3. The molecule has 0 amide bonds. The lowest BCUT2D eigenvalue weighted by Crippen LogP contribution is -2.21. The Labute approximate surface area is 163 Å². The number of aliphatic hydroxyl groups is 1. The fourth-order valence-corrected chi connectivity index (χ4v) is 2.11. The summed E-state index contributed by atoms with van der Waals surface area (Å²) in [5, 5.41) is 9.77. The standard InChI is InChI=1S/C18H20F6N4O/c1-10(29)14-5-12(19)2-3-15(14)28-13(6-16(26)18(22,23)24)4-11(7-25)8-27-9-17(20)21/h2-3,5-8,10,17,29H,4,9,25-26H2,1H3. The Bertz CT molecular complexity index is 813. The predicted molar refractivity (Wildman–Crippen MR) is 98.7 cm³/mol. The van der Waals surface area contributed by atoms with Crippen LogP contribution in [0.3, 0.4) is 0 Å². The Morgan fingerprint density at radius 3 is 2.45 bits per heavy atom. The molecule has 0 aliphatic carbocycles. The maximum Gasteiger partial charge on any atom is 0.430 e. The number of halogens is 6. The summed E-state index contributed by atoms with van der Waals surface area (Å²) in [5.41, 5.74) is 8.85. The van der Waals surface area contributed by atoms with Gasteiger partial charge in [0.05, 0.1) is 18.3 Å². The molecule has 0 radical (unpaired) electrons. The minimum absolute atomic E-state index is 0.00325. The molecule has 1 aromatic carbocycles. The van der Waals surface area contributed by atoms with Gasteiger partial charge in [0, 0.05) is 23.9 Å². The van der Waals surface area contributed by atoms with E-state index in [-0.39, 0.29) is 29.0 Å². The van der Waals surface area contributed by atoms with Crippen molar-refractivity contribution in [3.8, 4) is 0 Å². The maximum atomic E-state index is 13.4. The summed E-state index contributed by atoms with van der Waals surface area (Å²) in [4.78, 5) is 7.48. The van der Waals surface area contributed by atoms with E-state index in [1.165, 1.54) is 13.0 Å². The van der Waals surface area contributed by atoms with Gasteiger partial charge in [-0.25, -0.2) is 13.2 Å². The Hall–Kier alpha value is -2.82. The van der Waals surface area contributed by atoms with Gasteiger partial charge in [-0.1, -0.05) is 0 Å². The number of allylic oxidation sites excluding steroid dienone is 3. The van der Waals surface area contributed by atoms with Gasteiger partial charge < -0.3 is 16.6 Å². The molecule has 1 atom stereocenters. The number of aliphatic hydroxyl groups excluding tert-OH is 1. The third-order valence-electron chi connectivity index (χ3n) is 3.45. The molecule has 5 nitrogen and oxygen atoms in total. The summed E-state index contributed by atoms with van der Waals surface area (Å²) in [6.45, 7) is 0.518. The average molecular weight is 422 g/mol. The third-order valence-corrected chi connectivity index (χ3v) is 3.45. The molecule has 1 rings (SSSR count). The van der Waals surface area contributed by atoms with E-state index in [1.807, 2.05) is 0 Å². The van der Waals surface area contributed by atoms with Crippen LogP contribution in [0.4, 0.5) is 32.0 Å². The molecule has 0 aliphatic heterocycles. The van der Waals surface area contributed by atoms with E-state index in [9.17, 15) is 31.4 Å². The largest absolute Gasteiger partial charge is 0.430 e. The number of hydrogen-bond donors (Lipinski definition) is 3. The molecular formula is C18H20F6N4O. The maximum absolute atomic E-state index is 13.4. The van der Waals surface area contributed by atoms with Crippen molar-refractivity contribution in [1.29, 1.82) is 0 Å². The van der Waals surface area contributed by atoms with Gasteiger partial charge in [-0.3, -0.25) is 9.98 Å². The fourth-order valence-electron chi connectivity index (χ4n) is 2.11. The molecule has 0 heterocycles. The number of aliphatic imine (C=N–C) groups is 2. The first-order chi connectivity index (χ1) is 13.4. The van der Waals surface area contributed by atoms with E-state index >= 15 is 0 Å². The first-order valence-electron chi connectivity index (χ1n) is 8.22. The number of rotatable bonds is 8. The highest BCUT2D eigenvalue weighted by Gasteiger charge is 2.31. The zero-order valence-electron chi connectivity index (χ0n) is 15.3. The van der Waals surface area contributed by atoms with Crippen LogP contribution in [-0.2, 0) is 0 Å². The molecule has 29 heavy (non-hydrogen) atoms. The zero-order chi connectivity index (χ0) is 22.2. The molecule has 11 heteroatoms. The second kappa shape index (κ2) is 10.6. The minimum atomic E-state index is -4.84. The fraction of sp³-hybridized carbons (Fsp3) is 0.333. The van der Waals surface area contributed by atoms with Crippen LogP contribution >= 0.6 is 0 Å². The normalized spacial score (nSPS) is 15.4. The number of benzene rings is 1. The van der Waals surface area contributed by atoms with Gasteiger partial charge in [0.2, 0.25) is 0 Å². The molecule has 0 aliphatic rings. The number of alkyl halides is 5. The van der Waals surface area contributed by atoms with E-state index in [2.05, 4.69) is 9.98 Å². The summed E-state index contributed by atoms with van der Waals surface area (Å²) in [6.07, 6.45) is -6.54. The summed E-state index contributed by atoms with van der Waals surface area (Å²) in [5.74, 6) is -0.673. The molecule has 0 bridgehead atoms. The van der Waals surface area contributed by atoms with Gasteiger partial charge in [-0.05, 0) is 43.0 Å². The van der Waals surface area contributed by atoms with Gasteiger partial charge in [0.25, 0.3) is 6.43 Å². The Balaban J connectivity index is 3.39. The molecular weight excluding hydrogens is 402 g/mol. The van der Waals surface area contributed by atoms with Crippen LogP contribution in [0.25, 0.3) is 0 Å². The van der Waals surface area contributed by atoms with Crippen LogP contribution in [0.1, 0.15) is 25.0 Å². The SMILES string of the molecule is CC(O)c1cc(F)ccc1N=C(C=C(N)C(F)(F)F)CC(C=NCC(F)F)=CN. The highest BCUT2D eigenvalue weighted by atomic mass is 19.4. The molecule has 5 N–H and O–H groups in total. The number of nitrogens with zero attached hydrogens (tertiary/aromatic N) is 2. The Morgan fingerprint density at radius 1 is 1.28 bits per heavy atom. The van der Waals surface area contributed by atoms with Crippen molar-refractivity contribution in [2.45, 2.75) is 32.1 Å². The van der Waals surface area contributed by atoms with Crippen molar-refractivity contribution in [2.75, 3.05) is 6.54 Å². The van der Waals surface area contributed by atoms with Crippen LogP contribution < -0.4 is 11.5 Å². The highest BCUT2D eigenvalue weighted by Crippen LogP contribution is 2.28. The van der Waals surface area contributed by atoms with Crippen molar-refractivity contribution >= 4 is 17.6 Å². The molecule has 0 saturated carbocycles. The van der Waals surface area contributed by atoms with E-state index in [4.69, 9.17) is 11.5 Å². The second-order valence-corrected chi connectivity index (χ2v) is 5.88. The van der Waals surface area contributed by atoms with E-state index in [1.54, 1.807) is 0 Å². The van der Waals surface area contributed by atoms with E-state index < -0.39 is 36.8 Å². The van der Waals surface area contributed by atoms with Crippen molar-refractivity contribution in [2.24, 2.45) is 21.5 Å². The van der Waals surface area contributed by atoms with Gasteiger partial charge in [-0.15, -0.1) is 0 Å². The van der Waals surface area contributed by atoms with Gasteiger partial charge in [0.1, 0.15) is 11.5 Å². The first-order valence-corrected chi connectivity index (χ1v) is 8.22. The monoisotopic (exact) mass is 422 g/mol. The number of nitrogens with two attached hydrogens (primary N) is 2. The van der Waals surface area contributed by atoms with E-state index in [0.29, 0.717) is 6.08 Å². The predicted octanol–water partition coefficient (Wildman–Crippen LogP) is 3.93. The second-order valence-electron chi connectivity index (χ2n) is 5.88. The summed E-state index contributed by atoms with van der Waals surface area (Å²) >= 11 is 0. The minimum Gasteiger partial charge on any atom is -0.404 e. The summed E-state index contributed by atoms with van der Waals surface area (Å²) in [7, 11) is 0. The smallest absolute Gasteiger partial charge is 0.404 e. The van der Waals surface area contributed by atoms with Crippen molar-refractivity contribution < 1.29 is 31.4 Å². The summed E-state index contributed by atoms with van der Waals surface area (Å²) in [6, 6.07) is 3.18. The molecule has 160 valence electrons. The molecule has 0 saturated heterocycles. The third kappa shape index (κ3) is 8.38. The Morgan fingerprint density at radius 2 is 1.93 bits per heavy atom. The quantitative estimate of drug-likeness (QED) is 0.438. The molecule has 1 aromatic rings. The first kappa shape index (κ1) is 24.2. The lowest BCUT2D eigenvalue weighted by Gasteiger charge is -2.12. The lowest BCUT2D eigenvalue weighted by atomic mass is 10.1. The molecule has 1 unspecified atom stereocenters. The topological polar surface area (TPSA) is 97.0 Å². The Kier molecular flexibility index (Phi) is 8.89. The van der Waals surface area contributed by atoms with Gasteiger partial charge in [-0.2, -0.15) is 13.2 Å². The van der Waals surface area contributed by atoms with Crippen LogP contribution in [0.2, 0.25) is 0 Å². The van der Waals surface area contributed by atoms with Crippen molar-refractivity contribution in [3.05, 3.63) is 53.1 Å². The van der Waals surface area contributed by atoms with Crippen LogP contribution in [0, 0.1) is 5.82 Å². The lowest BCUT2D eigenvalue weighted by molar-refractivity contribution is -0.0925. The van der Waals surface area contributed by atoms with Crippen molar-refractivity contribution in [3.63, 3.8) is 0 Å². The van der Waals surface area contributed by atoms with Crippen LogP contribution in [-0.4, -0.2) is 36.2 Å². The number of hydrogen-bond acceptors (Lipinski definition) is 5. The van der Waals surface area contributed by atoms with E-state index in [0.717, 1.165) is 24.5 Å². The van der Waals surface area contributed by atoms with Crippen LogP contribution in [0.5, 0.6) is 0 Å². The van der Waals surface area contributed by atoms with Gasteiger partial charge >= 0.3 is 6.18 Å². The average Bonchev–Trinajstić information content (AvgIpc) is 2.60. The summed E-state index contributed by atoms with van der Waals surface area (Å²) < 4.78 is 76.3. The van der Waals surface area contributed by atoms with Crippen molar-refractivity contribution in [1.82, 2.24) is 0 Å². The molecule has 0 spiro atoms. The molecule has 0 aromatic heterocycles. The van der Waals surface area contributed by atoms with Gasteiger partial charge in [0.15, 0.2) is 0 Å². The van der Waals surface area contributed by atoms with Crippen LogP contribution in [0.15, 0.2) is 51.7 Å². The molecule has 0 fully saturated rings.